The lowest BCUT2D eigenvalue weighted by Crippen LogP contribution is -2.13. The first-order chi connectivity index (χ1) is 6.27. The summed E-state index contributed by atoms with van der Waals surface area (Å²) in [4.78, 5) is 0. The third-order valence-corrected chi connectivity index (χ3v) is 2.56. The highest BCUT2D eigenvalue weighted by Crippen LogP contribution is 2.21. The molecule has 1 aromatic heterocycles. The van der Waals surface area contributed by atoms with Gasteiger partial charge in [-0.1, -0.05) is 5.21 Å². The molecule has 72 valence electrons. The molecule has 2 rings (SSSR count). The molecule has 0 aliphatic carbocycles. The summed E-state index contributed by atoms with van der Waals surface area (Å²) in [6, 6.07) is 0.404. The largest absolute Gasteiger partial charge is 0.309 e. The zero-order chi connectivity index (χ0) is 9.26. The van der Waals surface area contributed by atoms with Crippen molar-refractivity contribution in [1.29, 1.82) is 0 Å². The maximum atomic E-state index is 4.28. The number of nitrogens with zero attached hydrogens (tertiary/aromatic N) is 3. The van der Waals surface area contributed by atoms with Crippen molar-refractivity contribution in [1.82, 2.24) is 20.3 Å². The standard InChI is InChI=1S/C8H14N4S/c1-6(13)12-5-8(10-11-12)7-3-2-4-9-7/h5-7,9,13H,2-4H2,1H3/t6?,7-/m0/s1. The van der Waals surface area contributed by atoms with Crippen LogP contribution in [-0.2, 0) is 0 Å². The van der Waals surface area contributed by atoms with Crippen LogP contribution in [0, 0.1) is 0 Å². The Morgan fingerprint density at radius 2 is 2.62 bits per heavy atom. The molecular weight excluding hydrogens is 184 g/mol. The molecule has 0 radical (unpaired) electrons. The van der Waals surface area contributed by atoms with Gasteiger partial charge in [0, 0.05) is 0 Å². The van der Waals surface area contributed by atoms with Crippen LogP contribution in [0.2, 0.25) is 0 Å². The number of hydrogen-bond donors (Lipinski definition) is 2. The van der Waals surface area contributed by atoms with Crippen molar-refractivity contribution in [2.24, 2.45) is 0 Å². The molecule has 1 aliphatic heterocycles. The van der Waals surface area contributed by atoms with Gasteiger partial charge in [-0.15, -0.1) is 5.10 Å². The highest BCUT2D eigenvalue weighted by atomic mass is 32.1. The molecule has 0 spiro atoms. The van der Waals surface area contributed by atoms with E-state index < -0.39 is 0 Å². The minimum atomic E-state index is 0.0997. The first-order valence-electron chi connectivity index (χ1n) is 4.60. The van der Waals surface area contributed by atoms with Crippen molar-refractivity contribution in [3.63, 3.8) is 0 Å². The van der Waals surface area contributed by atoms with Crippen LogP contribution in [0.5, 0.6) is 0 Å². The van der Waals surface area contributed by atoms with Crippen LogP contribution in [0.3, 0.4) is 0 Å². The minimum absolute atomic E-state index is 0.0997. The zero-order valence-corrected chi connectivity index (χ0v) is 8.54. The molecule has 4 nitrogen and oxygen atoms in total. The zero-order valence-electron chi connectivity index (χ0n) is 7.64. The van der Waals surface area contributed by atoms with E-state index >= 15 is 0 Å². The van der Waals surface area contributed by atoms with Crippen LogP contribution < -0.4 is 5.32 Å². The molecule has 0 saturated carbocycles. The van der Waals surface area contributed by atoms with Crippen molar-refractivity contribution in [3.05, 3.63) is 11.9 Å². The number of aromatic nitrogens is 3. The van der Waals surface area contributed by atoms with E-state index in [1.807, 2.05) is 13.1 Å². The molecule has 13 heavy (non-hydrogen) atoms. The number of nitrogens with one attached hydrogen (secondary N) is 1. The van der Waals surface area contributed by atoms with Crippen LogP contribution >= 0.6 is 12.6 Å². The molecular formula is C8H14N4S. The van der Waals surface area contributed by atoms with Gasteiger partial charge >= 0.3 is 0 Å². The molecule has 1 N–H and O–H groups in total. The summed E-state index contributed by atoms with van der Waals surface area (Å²) in [6.07, 6.45) is 4.37. The summed E-state index contributed by atoms with van der Waals surface area (Å²) in [5.41, 5.74) is 1.04. The predicted molar refractivity (Wildman–Crippen MR) is 53.7 cm³/mol. The topological polar surface area (TPSA) is 42.7 Å². The summed E-state index contributed by atoms with van der Waals surface area (Å²) >= 11 is 4.28. The Bertz CT molecular complexity index is 277. The summed E-state index contributed by atoms with van der Waals surface area (Å²) in [6.45, 7) is 3.07. The van der Waals surface area contributed by atoms with Crippen molar-refractivity contribution >= 4 is 12.6 Å². The van der Waals surface area contributed by atoms with E-state index in [0.29, 0.717) is 6.04 Å². The van der Waals surface area contributed by atoms with Gasteiger partial charge in [0.1, 0.15) is 0 Å². The number of thiol groups is 1. The van der Waals surface area contributed by atoms with Gasteiger partial charge in [-0.3, -0.25) is 0 Å². The summed E-state index contributed by atoms with van der Waals surface area (Å²) in [5.74, 6) is 0. The molecule has 0 amide bonds. The maximum absolute atomic E-state index is 4.28. The molecule has 1 aliphatic rings. The van der Waals surface area contributed by atoms with Crippen LogP contribution in [0.25, 0.3) is 0 Å². The Morgan fingerprint density at radius 1 is 1.77 bits per heavy atom. The van der Waals surface area contributed by atoms with Crippen molar-refractivity contribution < 1.29 is 0 Å². The van der Waals surface area contributed by atoms with Crippen LogP contribution in [0.4, 0.5) is 0 Å². The van der Waals surface area contributed by atoms with Crippen LogP contribution in [-0.4, -0.2) is 21.5 Å². The third kappa shape index (κ3) is 1.86. The average molecular weight is 198 g/mol. The second kappa shape index (κ2) is 3.67. The third-order valence-electron chi connectivity index (χ3n) is 2.33. The smallest absolute Gasteiger partial charge is 0.0996 e. The van der Waals surface area contributed by atoms with Gasteiger partial charge in [-0.25, -0.2) is 4.68 Å². The highest BCUT2D eigenvalue weighted by Gasteiger charge is 2.19. The van der Waals surface area contributed by atoms with Gasteiger partial charge in [-0.05, 0) is 26.3 Å². The van der Waals surface area contributed by atoms with Crippen LogP contribution in [0.15, 0.2) is 6.20 Å². The van der Waals surface area contributed by atoms with Gasteiger partial charge in [-0.2, -0.15) is 12.6 Å². The molecule has 1 fully saturated rings. The predicted octanol–water partition coefficient (Wildman–Crippen LogP) is 1.15. The van der Waals surface area contributed by atoms with Gasteiger partial charge in [0.25, 0.3) is 0 Å². The van der Waals surface area contributed by atoms with Gasteiger partial charge in [0.15, 0.2) is 0 Å². The molecule has 0 bridgehead atoms. The maximum Gasteiger partial charge on any atom is 0.0996 e. The molecule has 2 atom stereocenters. The van der Waals surface area contributed by atoms with Crippen molar-refractivity contribution in [2.75, 3.05) is 6.54 Å². The second-order valence-corrected chi connectivity index (χ2v) is 4.15. The number of rotatable bonds is 2. The lowest BCUT2D eigenvalue weighted by Gasteiger charge is -2.04. The monoisotopic (exact) mass is 198 g/mol. The summed E-state index contributed by atoms with van der Waals surface area (Å²) < 4.78 is 1.78. The Kier molecular flexibility index (Phi) is 2.55. The van der Waals surface area contributed by atoms with Gasteiger partial charge in [0.2, 0.25) is 0 Å². The van der Waals surface area contributed by atoms with E-state index in [1.54, 1.807) is 4.68 Å². The molecule has 2 heterocycles. The molecule has 5 heteroatoms. The SMILES string of the molecule is CC(S)n1cc([C@@H]2CCCN2)nn1. The first-order valence-corrected chi connectivity index (χ1v) is 5.12. The van der Waals surface area contributed by atoms with E-state index in [1.165, 1.54) is 12.8 Å². The van der Waals surface area contributed by atoms with Crippen molar-refractivity contribution in [2.45, 2.75) is 31.2 Å². The lowest BCUT2D eigenvalue weighted by atomic mass is 10.2. The average Bonchev–Trinajstić information content (AvgIpc) is 2.75. The Labute approximate surface area is 83.1 Å². The molecule has 1 unspecified atom stereocenters. The van der Waals surface area contributed by atoms with Crippen molar-refractivity contribution in [3.8, 4) is 0 Å². The van der Waals surface area contributed by atoms with E-state index in [2.05, 4.69) is 28.3 Å². The molecule has 1 saturated heterocycles. The first kappa shape index (κ1) is 9.02. The fourth-order valence-corrected chi connectivity index (χ4v) is 1.68. The number of hydrogen-bond acceptors (Lipinski definition) is 4. The Morgan fingerprint density at radius 3 is 3.15 bits per heavy atom. The fraction of sp³-hybridized carbons (Fsp3) is 0.750. The fourth-order valence-electron chi connectivity index (χ4n) is 1.57. The Balaban J connectivity index is 2.12. The van der Waals surface area contributed by atoms with E-state index in [4.69, 9.17) is 0 Å². The minimum Gasteiger partial charge on any atom is -0.309 e. The van der Waals surface area contributed by atoms with Gasteiger partial charge < -0.3 is 5.32 Å². The Hall–Kier alpha value is -0.550. The second-order valence-electron chi connectivity index (χ2n) is 3.40. The molecule has 1 aromatic rings. The van der Waals surface area contributed by atoms with E-state index in [9.17, 15) is 0 Å². The van der Waals surface area contributed by atoms with Crippen LogP contribution in [0.1, 0.15) is 36.9 Å². The van der Waals surface area contributed by atoms with E-state index in [0.717, 1.165) is 12.2 Å². The highest BCUT2D eigenvalue weighted by molar-refractivity contribution is 7.80. The quantitative estimate of drug-likeness (QED) is 0.701. The normalized spacial score (nSPS) is 24.9. The lowest BCUT2D eigenvalue weighted by molar-refractivity contribution is 0.610. The summed E-state index contributed by atoms with van der Waals surface area (Å²) in [5, 5.41) is 11.6. The molecule has 0 aromatic carbocycles. The summed E-state index contributed by atoms with van der Waals surface area (Å²) in [7, 11) is 0. The van der Waals surface area contributed by atoms with E-state index in [-0.39, 0.29) is 5.37 Å². The van der Waals surface area contributed by atoms with Gasteiger partial charge in [0.05, 0.1) is 23.3 Å².